The normalized spacial score (nSPS) is 11.0. The number of halogens is 12. The third-order valence-corrected chi connectivity index (χ3v) is 26.3. The summed E-state index contributed by atoms with van der Waals surface area (Å²) >= 11 is -3.33. The summed E-state index contributed by atoms with van der Waals surface area (Å²) in [5.41, 5.74) is 15.3. The zero-order valence-electron chi connectivity index (χ0n) is 77.5. The second-order valence-corrected chi connectivity index (χ2v) is 53.3. The van der Waals surface area contributed by atoms with E-state index in [0.717, 1.165) is 93.0 Å². The quantitative estimate of drug-likeness (QED) is 0.0281. The van der Waals surface area contributed by atoms with Crippen molar-refractivity contribution in [3.05, 3.63) is 321 Å². The molecule has 0 saturated heterocycles. The summed E-state index contributed by atoms with van der Waals surface area (Å²) in [6.07, 6.45) is 11.2. The summed E-state index contributed by atoms with van der Waals surface area (Å²) < 4.78 is 0. The van der Waals surface area contributed by atoms with Gasteiger partial charge >= 0.3 is 214 Å². The fourth-order valence-electron chi connectivity index (χ4n) is 11.9. The summed E-state index contributed by atoms with van der Waals surface area (Å²) in [6, 6.07) is 80.5. The Morgan fingerprint density at radius 3 is 0.799 bits per heavy atom. The van der Waals surface area contributed by atoms with Crippen LogP contribution in [0.5, 0.6) is 34.5 Å². The molecule has 134 heavy (non-hydrogen) atoms. The Morgan fingerprint density at radius 1 is 0.231 bits per heavy atom. The van der Waals surface area contributed by atoms with Crippen LogP contribution in [0.25, 0.3) is 0 Å². The Labute approximate surface area is 906 Å². The van der Waals surface area contributed by atoms with Crippen molar-refractivity contribution in [2.75, 3.05) is 42.3 Å². The molecule has 12 nitrogen and oxygen atoms in total. The molecule has 0 aliphatic carbocycles. The third kappa shape index (κ3) is 51.8. The molecule has 708 valence electrons. The molecule has 0 aliphatic rings. The Bertz CT molecular complexity index is 5520. The number of rotatable bonds is 18. The second kappa shape index (κ2) is 76.4. The van der Waals surface area contributed by atoms with E-state index in [1.54, 1.807) is 54.4 Å². The molecule has 6 N–H and O–H groups in total. The number of phenols is 6. The number of benzene rings is 12. The van der Waals surface area contributed by atoms with Crippen LogP contribution < -0.4 is 63.7 Å². The van der Waals surface area contributed by atoms with Crippen LogP contribution in [0, 0.1) is 41.5 Å². The van der Waals surface area contributed by atoms with Crippen LogP contribution in [-0.4, -0.2) is 110 Å². The van der Waals surface area contributed by atoms with Gasteiger partial charge in [-0.05, 0) is 187 Å². The van der Waals surface area contributed by atoms with Crippen molar-refractivity contribution in [3.8, 4) is 34.5 Å². The van der Waals surface area contributed by atoms with Crippen molar-refractivity contribution in [3.63, 3.8) is 0 Å². The molecule has 0 heterocycles. The van der Waals surface area contributed by atoms with E-state index in [2.05, 4.69) is 170 Å². The van der Waals surface area contributed by atoms with Crippen molar-refractivity contribution in [2.45, 2.75) is 93.9 Å². The number of para-hydroxylation sites is 2. The molecule has 12 aromatic rings. The van der Waals surface area contributed by atoms with Crippen LogP contribution in [0.1, 0.15) is 119 Å². The van der Waals surface area contributed by atoms with Crippen LogP contribution >= 0.6 is 163 Å². The Morgan fingerprint density at radius 2 is 0.478 bits per heavy atom. The topological polar surface area (TPSA) is 196 Å². The Hall–Kier alpha value is -2.19. The number of aliphatic imine (C=N–C) groups is 6. The molecular weight excluding hydrogens is 2260 g/mol. The van der Waals surface area contributed by atoms with E-state index in [1.807, 2.05) is 211 Å². The third-order valence-electron chi connectivity index (χ3n) is 18.0. The summed E-state index contributed by atoms with van der Waals surface area (Å²) in [7, 11) is 71.9. The molecule has 0 aliphatic heterocycles. The first kappa shape index (κ1) is 130. The molecule has 0 spiro atoms. The van der Waals surface area contributed by atoms with Gasteiger partial charge in [-0.15, -0.1) is 0 Å². The minimum absolute atomic E-state index is 0.0697. The standard InChI is InChI=1S/2C19H24NOP.C16H18NOP.2C15H16NOP.C14H14NOP.12ClH.6Ti/c1-13-10-15(19(2,3)4)11-17(18(13)21)22-16-9-7-6-8-14(16)12-20-5;1-13-10-15(19(2,3)4)18(21)17(11-13)22-16-9-7-6-8-14(16)12-20-5;1-11-8-12(2)16(18)15(9-11)19-14-7-5-4-6-13(14)10-17-3;1-11-6-5-9-14(15(11)17)18-13-8-4-3-7-12(13)10-16-2;1-11-7-8-13(17)15(9-11)18-14-6-4-3-5-12(14)10-16-2;1-15-10-11-6-2-4-8-13(11)17-14-9-5-3-7-12(14)16;;;;;;;;;;;;;;;;;;/h2*6-12,21-22H,1-5H3;4-10,18-19H,1-3H3;2*3-10,17-18H,1-2H3;2-10,16-17H,1H3;12*1H;;;;;;/q;;;;;;;;;;;;;;;;;;6*+2/p-12. The van der Waals surface area contributed by atoms with E-state index in [9.17, 15) is 30.6 Å². The van der Waals surface area contributed by atoms with Gasteiger partial charge in [0.1, 0.15) is 34.5 Å². The van der Waals surface area contributed by atoms with Crippen LogP contribution in [0.2, 0.25) is 0 Å². The number of hydrogen-bond acceptors (Lipinski definition) is 12. The monoisotopic (exact) mass is 2360 g/mol. The van der Waals surface area contributed by atoms with Crippen molar-refractivity contribution in [1.29, 1.82) is 0 Å². The van der Waals surface area contributed by atoms with E-state index >= 15 is 0 Å². The van der Waals surface area contributed by atoms with Crippen molar-refractivity contribution in [1.82, 2.24) is 0 Å². The van der Waals surface area contributed by atoms with E-state index in [1.165, 1.54) is 48.5 Å². The molecule has 0 fully saturated rings. The van der Waals surface area contributed by atoms with Gasteiger partial charge in [0.05, 0.1) is 0 Å². The van der Waals surface area contributed by atoms with Crippen LogP contribution in [0.4, 0.5) is 0 Å². The predicted octanol–water partition coefficient (Wildman–Crippen LogP) is 25.1. The van der Waals surface area contributed by atoms with Crippen LogP contribution in [-0.2, 0) is 113 Å². The zero-order chi connectivity index (χ0) is 101. The SMILES string of the molecule is CN=Cc1ccccc1Pc1cc(C(C)(C)C)cc(C)c1O.CN=Cc1ccccc1Pc1cc(C)cc(C(C)(C)C)c1O.CN=Cc1ccccc1Pc1cc(C)cc(C)c1O.CN=Cc1ccccc1Pc1cc(C)ccc1O.CN=Cc1ccccc1Pc1cccc(C)c1O.CN=Cc1ccccc1Pc1ccccc1O.[Cl][Ti][Cl].[Cl][Ti][Cl].[Cl][Ti][Cl].[Cl][Ti][Cl].[Cl][Ti][Cl].[Cl][Ti][Cl]. The van der Waals surface area contributed by atoms with E-state index in [0.29, 0.717) is 86.0 Å². The fourth-order valence-corrected chi connectivity index (χ4v) is 19.6. The Kier molecular flexibility index (Phi) is 74.0. The summed E-state index contributed by atoms with van der Waals surface area (Å²) in [6.45, 7) is 25.0. The molecule has 0 bridgehead atoms. The van der Waals surface area contributed by atoms with Gasteiger partial charge in [0.15, 0.2) is 0 Å². The van der Waals surface area contributed by atoms with E-state index in [-0.39, 0.29) is 10.8 Å². The number of aromatic hydroxyl groups is 6. The molecule has 0 radical (unpaired) electrons. The minimum atomic E-state index is -0.556. The summed E-state index contributed by atoms with van der Waals surface area (Å²) in [5, 5.41) is 74.2. The van der Waals surface area contributed by atoms with E-state index < -0.39 is 102 Å². The fraction of sp³-hybridized carbons (Fsp3) is 0.204. The zero-order valence-corrected chi connectivity index (χ0v) is 102. The van der Waals surface area contributed by atoms with Gasteiger partial charge < -0.3 is 30.6 Å². The maximum absolute atomic E-state index is 10.7. The number of hydrogen-bond donors (Lipinski definition) is 6. The van der Waals surface area contributed by atoms with Gasteiger partial charge in [-0.2, -0.15) is 0 Å². The first-order chi connectivity index (χ1) is 64.0. The second-order valence-electron chi connectivity index (χ2n) is 29.9. The summed E-state index contributed by atoms with van der Waals surface area (Å²) in [5.74, 6) is 2.37. The molecule has 12 rings (SSSR count). The first-order valence-corrected chi connectivity index (χ1v) is 72.1. The van der Waals surface area contributed by atoms with Gasteiger partial charge in [-0.3, -0.25) is 30.0 Å². The predicted molar refractivity (Wildman–Crippen MR) is 590 cm³/mol. The maximum atomic E-state index is 10.7. The van der Waals surface area contributed by atoms with Gasteiger partial charge in [-0.1, -0.05) is 305 Å². The molecular formula is C98H112Cl12N6O6P6Ti6. The molecule has 12 aromatic carbocycles. The van der Waals surface area contributed by atoms with Gasteiger partial charge in [0.2, 0.25) is 0 Å². The molecule has 36 heteroatoms. The van der Waals surface area contributed by atoms with Gasteiger partial charge in [0.25, 0.3) is 0 Å². The average Bonchev–Trinajstić information content (AvgIpc) is 0.802. The average molecular weight is 2370 g/mol. The molecule has 0 aromatic heterocycles. The van der Waals surface area contributed by atoms with Crippen LogP contribution in [0.15, 0.2) is 273 Å². The molecule has 6 atom stereocenters. The molecule has 6 unspecified atom stereocenters. The van der Waals surface area contributed by atoms with Gasteiger partial charge in [-0.25, -0.2) is 0 Å². The molecule has 0 saturated carbocycles. The van der Waals surface area contributed by atoms with E-state index in [4.69, 9.17) is 112 Å². The molecule has 0 amide bonds. The number of nitrogens with zero attached hydrogens (tertiary/aromatic N) is 6. The number of aryl methyl sites for hydroxylation is 6. The summed E-state index contributed by atoms with van der Waals surface area (Å²) in [4.78, 5) is 24.5. The van der Waals surface area contributed by atoms with Crippen LogP contribution in [0.3, 0.4) is 0 Å². The first-order valence-electron chi connectivity index (χ1n) is 40.3. The van der Waals surface area contributed by atoms with Crippen molar-refractivity contribution < 1.29 is 133 Å². The Balaban J connectivity index is 0.000000776. The van der Waals surface area contributed by atoms with Crippen molar-refractivity contribution >= 4 is 264 Å². The van der Waals surface area contributed by atoms with Crippen molar-refractivity contribution in [2.24, 2.45) is 30.0 Å². The van der Waals surface area contributed by atoms with Gasteiger partial charge in [0, 0.05) is 117 Å². The number of phenolic OH excluding ortho intramolecular Hbond substituents is 6.